The monoisotopic (exact) mass is 225 g/mol. The maximum absolute atomic E-state index is 6.02. The van der Waals surface area contributed by atoms with Crippen molar-refractivity contribution in [2.24, 2.45) is 22.6 Å². The summed E-state index contributed by atoms with van der Waals surface area (Å²) < 4.78 is 0. The number of guanidine groups is 1. The first kappa shape index (κ1) is 13.3. The highest BCUT2D eigenvalue weighted by Gasteiger charge is 2.23. The van der Waals surface area contributed by atoms with Gasteiger partial charge in [0.1, 0.15) is 0 Å². The Morgan fingerprint density at radius 2 is 2.12 bits per heavy atom. The second-order valence-electron chi connectivity index (χ2n) is 5.63. The van der Waals surface area contributed by atoms with Crippen LogP contribution in [0.15, 0.2) is 4.99 Å². The molecule has 1 aliphatic carbocycles. The van der Waals surface area contributed by atoms with Crippen LogP contribution in [0.2, 0.25) is 0 Å². The Morgan fingerprint density at radius 1 is 1.44 bits per heavy atom. The van der Waals surface area contributed by atoms with Crippen LogP contribution in [-0.2, 0) is 0 Å². The summed E-state index contributed by atoms with van der Waals surface area (Å²) in [6.07, 6.45) is 5.22. The van der Waals surface area contributed by atoms with Crippen molar-refractivity contribution in [3.63, 3.8) is 0 Å². The quantitative estimate of drug-likeness (QED) is 0.592. The van der Waals surface area contributed by atoms with Gasteiger partial charge in [-0.3, -0.25) is 4.99 Å². The van der Waals surface area contributed by atoms with E-state index in [0.717, 1.165) is 12.5 Å². The molecule has 1 fully saturated rings. The van der Waals surface area contributed by atoms with Crippen molar-refractivity contribution in [2.75, 3.05) is 13.6 Å². The number of rotatable bonds is 3. The van der Waals surface area contributed by atoms with Crippen LogP contribution in [-0.4, -0.2) is 30.5 Å². The zero-order valence-corrected chi connectivity index (χ0v) is 11.2. The summed E-state index contributed by atoms with van der Waals surface area (Å²) >= 11 is 0. The van der Waals surface area contributed by atoms with E-state index in [0.29, 0.717) is 17.9 Å². The number of hydrogen-bond acceptors (Lipinski definition) is 1. The minimum Gasteiger partial charge on any atom is -0.370 e. The largest absolute Gasteiger partial charge is 0.370 e. The first-order chi connectivity index (χ1) is 7.50. The lowest BCUT2D eigenvalue weighted by molar-refractivity contribution is 0.230. The van der Waals surface area contributed by atoms with Gasteiger partial charge in [-0.1, -0.05) is 33.6 Å². The molecule has 0 spiro atoms. The van der Waals surface area contributed by atoms with Crippen molar-refractivity contribution in [2.45, 2.75) is 52.5 Å². The van der Waals surface area contributed by atoms with Crippen molar-refractivity contribution in [1.82, 2.24) is 4.90 Å². The minimum atomic E-state index is 0.581. The molecule has 0 aromatic carbocycles. The first-order valence-corrected chi connectivity index (χ1v) is 6.53. The fourth-order valence-corrected chi connectivity index (χ4v) is 2.33. The van der Waals surface area contributed by atoms with Crippen LogP contribution in [0.4, 0.5) is 0 Å². The van der Waals surface area contributed by atoms with Gasteiger partial charge in [-0.2, -0.15) is 0 Å². The maximum atomic E-state index is 6.02. The SMILES string of the molecule is CC(C)CN=C(N)N(C)C1CCCC(C)C1. The van der Waals surface area contributed by atoms with Gasteiger partial charge in [0.25, 0.3) is 0 Å². The molecule has 0 aromatic heterocycles. The highest BCUT2D eigenvalue weighted by molar-refractivity contribution is 5.78. The molecule has 0 radical (unpaired) electrons. The number of nitrogens with zero attached hydrogens (tertiary/aromatic N) is 2. The Morgan fingerprint density at radius 3 is 2.69 bits per heavy atom. The molecule has 94 valence electrons. The fourth-order valence-electron chi connectivity index (χ4n) is 2.33. The lowest BCUT2D eigenvalue weighted by Gasteiger charge is -2.34. The molecule has 1 rings (SSSR count). The molecule has 16 heavy (non-hydrogen) atoms. The smallest absolute Gasteiger partial charge is 0.191 e. The van der Waals surface area contributed by atoms with Crippen LogP contribution in [0.25, 0.3) is 0 Å². The van der Waals surface area contributed by atoms with Gasteiger partial charge in [0.15, 0.2) is 5.96 Å². The Kier molecular flexibility index (Phi) is 5.10. The van der Waals surface area contributed by atoms with Gasteiger partial charge < -0.3 is 10.6 Å². The van der Waals surface area contributed by atoms with Crippen molar-refractivity contribution in [3.8, 4) is 0 Å². The third-order valence-corrected chi connectivity index (χ3v) is 3.44. The Balaban J connectivity index is 2.48. The van der Waals surface area contributed by atoms with Crippen LogP contribution >= 0.6 is 0 Å². The molecule has 3 heteroatoms. The summed E-state index contributed by atoms with van der Waals surface area (Å²) in [5.41, 5.74) is 6.02. The van der Waals surface area contributed by atoms with E-state index in [9.17, 15) is 0 Å². The van der Waals surface area contributed by atoms with Gasteiger partial charge in [0.2, 0.25) is 0 Å². The summed E-state index contributed by atoms with van der Waals surface area (Å²) in [4.78, 5) is 6.62. The third kappa shape index (κ3) is 4.03. The molecule has 0 heterocycles. The summed E-state index contributed by atoms with van der Waals surface area (Å²) in [6.45, 7) is 7.50. The van der Waals surface area contributed by atoms with Gasteiger partial charge in [-0.05, 0) is 24.7 Å². The van der Waals surface area contributed by atoms with E-state index in [1.54, 1.807) is 0 Å². The standard InChI is InChI=1S/C13H27N3/c1-10(2)9-15-13(14)16(4)12-7-5-6-11(3)8-12/h10-12H,5-9H2,1-4H3,(H2,14,15). The Bertz CT molecular complexity index is 235. The average molecular weight is 225 g/mol. The van der Waals surface area contributed by atoms with E-state index in [1.807, 2.05) is 0 Å². The third-order valence-electron chi connectivity index (χ3n) is 3.44. The molecule has 0 saturated heterocycles. The van der Waals surface area contributed by atoms with Crippen molar-refractivity contribution < 1.29 is 0 Å². The van der Waals surface area contributed by atoms with E-state index < -0.39 is 0 Å². The maximum Gasteiger partial charge on any atom is 0.191 e. The Labute approximate surface area is 100 Å². The second kappa shape index (κ2) is 6.12. The predicted octanol–water partition coefficient (Wildman–Crippen LogP) is 2.47. The highest BCUT2D eigenvalue weighted by Crippen LogP contribution is 2.26. The summed E-state index contributed by atoms with van der Waals surface area (Å²) in [6, 6.07) is 0.597. The van der Waals surface area contributed by atoms with E-state index in [2.05, 4.69) is 37.7 Å². The molecule has 1 aliphatic rings. The molecule has 2 unspecified atom stereocenters. The molecule has 2 atom stereocenters. The average Bonchev–Trinajstić information content (AvgIpc) is 2.24. The van der Waals surface area contributed by atoms with Crippen molar-refractivity contribution in [3.05, 3.63) is 0 Å². The summed E-state index contributed by atoms with van der Waals surface area (Å²) in [5, 5.41) is 0. The van der Waals surface area contributed by atoms with Gasteiger partial charge in [-0.15, -0.1) is 0 Å². The van der Waals surface area contributed by atoms with E-state index in [1.165, 1.54) is 25.7 Å². The molecule has 0 bridgehead atoms. The topological polar surface area (TPSA) is 41.6 Å². The van der Waals surface area contributed by atoms with Gasteiger partial charge >= 0.3 is 0 Å². The molecule has 0 amide bonds. The Hall–Kier alpha value is -0.730. The molecule has 3 nitrogen and oxygen atoms in total. The van der Waals surface area contributed by atoms with Crippen LogP contribution in [0.1, 0.15) is 46.5 Å². The van der Waals surface area contributed by atoms with Gasteiger partial charge in [0.05, 0.1) is 0 Å². The van der Waals surface area contributed by atoms with Crippen LogP contribution in [0, 0.1) is 11.8 Å². The van der Waals surface area contributed by atoms with Gasteiger partial charge in [-0.25, -0.2) is 0 Å². The van der Waals surface area contributed by atoms with Gasteiger partial charge in [0, 0.05) is 19.6 Å². The highest BCUT2D eigenvalue weighted by atomic mass is 15.3. The predicted molar refractivity (Wildman–Crippen MR) is 70.5 cm³/mol. The molecule has 0 aliphatic heterocycles. The number of hydrogen-bond donors (Lipinski definition) is 1. The zero-order chi connectivity index (χ0) is 12.1. The molecule has 2 N–H and O–H groups in total. The first-order valence-electron chi connectivity index (χ1n) is 6.53. The van der Waals surface area contributed by atoms with Crippen LogP contribution in [0.3, 0.4) is 0 Å². The second-order valence-corrected chi connectivity index (χ2v) is 5.63. The zero-order valence-electron chi connectivity index (χ0n) is 11.2. The van der Waals surface area contributed by atoms with E-state index >= 15 is 0 Å². The van der Waals surface area contributed by atoms with E-state index in [-0.39, 0.29) is 0 Å². The summed E-state index contributed by atoms with van der Waals surface area (Å²) in [5.74, 6) is 2.13. The molecule has 1 saturated carbocycles. The lowest BCUT2D eigenvalue weighted by atomic mass is 9.86. The molecular formula is C13H27N3. The van der Waals surface area contributed by atoms with Crippen molar-refractivity contribution >= 4 is 5.96 Å². The molecular weight excluding hydrogens is 198 g/mol. The summed E-state index contributed by atoms with van der Waals surface area (Å²) in [7, 11) is 2.09. The van der Waals surface area contributed by atoms with Crippen LogP contribution in [0.5, 0.6) is 0 Å². The normalized spacial score (nSPS) is 27.2. The minimum absolute atomic E-state index is 0.581. The number of aliphatic imine (C=N–C) groups is 1. The van der Waals surface area contributed by atoms with Crippen LogP contribution < -0.4 is 5.73 Å². The molecule has 0 aromatic rings. The fraction of sp³-hybridized carbons (Fsp3) is 0.923. The number of nitrogens with two attached hydrogens (primary N) is 1. The van der Waals surface area contributed by atoms with Crippen molar-refractivity contribution in [1.29, 1.82) is 0 Å². The lowest BCUT2D eigenvalue weighted by Crippen LogP contribution is -2.44. The van der Waals surface area contributed by atoms with E-state index in [4.69, 9.17) is 5.73 Å².